The summed E-state index contributed by atoms with van der Waals surface area (Å²) in [6.45, 7) is 5.43. The van der Waals surface area contributed by atoms with E-state index in [4.69, 9.17) is 4.99 Å². The van der Waals surface area contributed by atoms with E-state index < -0.39 is 0 Å². The average molecular weight is 506 g/mol. The van der Waals surface area contributed by atoms with Crippen LogP contribution in [0.5, 0.6) is 0 Å². The second-order valence-corrected chi connectivity index (χ2v) is 6.16. The Balaban J connectivity index is 0.00000288. The highest BCUT2D eigenvalue weighted by atomic mass is 127. The molecule has 0 atom stereocenters. The highest BCUT2D eigenvalue weighted by Crippen LogP contribution is 2.17. The predicted molar refractivity (Wildman–Crippen MR) is 114 cm³/mol. The van der Waals surface area contributed by atoms with Crippen molar-refractivity contribution < 1.29 is 0 Å². The van der Waals surface area contributed by atoms with Crippen LogP contribution >= 0.6 is 39.9 Å². The maximum absolute atomic E-state index is 4.71. The van der Waals surface area contributed by atoms with Crippen LogP contribution in [0.4, 0.5) is 0 Å². The molecule has 0 aliphatic carbocycles. The predicted octanol–water partition coefficient (Wildman–Crippen LogP) is 3.75. The topological polar surface area (TPSA) is 45.5 Å². The number of aliphatic imine (C=N–C) groups is 1. The molecule has 0 fully saturated rings. The van der Waals surface area contributed by atoms with Crippen molar-refractivity contribution in [2.45, 2.75) is 26.4 Å². The standard InChI is InChI=1S/C17H24BrN5.HI/c1-3-19-17(20-10-6-12-23-13-7-11-21-23)22(2)14-15-8-4-5-9-16(15)18;/h4-5,7-9,11,13H,3,6,10,12,14H2,1-2H3,(H,19,20);1H. The molecule has 0 amide bonds. The summed E-state index contributed by atoms with van der Waals surface area (Å²) in [5, 5.41) is 7.56. The Kier molecular flexibility index (Phi) is 10.0. The van der Waals surface area contributed by atoms with Crippen molar-refractivity contribution in [3.63, 3.8) is 0 Å². The Labute approximate surface area is 169 Å². The van der Waals surface area contributed by atoms with Crippen LogP contribution in [-0.2, 0) is 13.1 Å². The van der Waals surface area contributed by atoms with Crippen molar-refractivity contribution >= 4 is 45.9 Å². The molecule has 1 aromatic carbocycles. The van der Waals surface area contributed by atoms with Gasteiger partial charge in [-0.1, -0.05) is 34.1 Å². The van der Waals surface area contributed by atoms with E-state index in [1.54, 1.807) is 6.20 Å². The Morgan fingerprint density at radius 3 is 2.79 bits per heavy atom. The molecular formula is C17H25BrIN5. The number of rotatable bonds is 7. The van der Waals surface area contributed by atoms with Crippen molar-refractivity contribution in [3.8, 4) is 0 Å². The number of guanidine groups is 1. The molecule has 24 heavy (non-hydrogen) atoms. The molecule has 0 saturated heterocycles. The summed E-state index contributed by atoms with van der Waals surface area (Å²) in [5.41, 5.74) is 1.25. The minimum Gasteiger partial charge on any atom is -0.357 e. The van der Waals surface area contributed by atoms with Crippen LogP contribution in [0.25, 0.3) is 0 Å². The number of halogens is 2. The number of hydrogen-bond acceptors (Lipinski definition) is 2. The molecule has 0 radical (unpaired) electrons. The largest absolute Gasteiger partial charge is 0.357 e. The van der Waals surface area contributed by atoms with Gasteiger partial charge in [0.2, 0.25) is 0 Å². The molecule has 0 saturated carbocycles. The zero-order valence-electron chi connectivity index (χ0n) is 14.2. The van der Waals surface area contributed by atoms with Crippen LogP contribution in [0.2, 0.25) is 0 Å². The Hall–Kier alpha value is -1.09. The van der Waals surface area contributed by atoms with Crippen LogP contribution < -0.4 is 5.32 Å². The summed E-state index contributed by atoms with van der Waals surface area (Å²) < 4.78 is 3.06. The fraction of sp³-hybridized carbons (Fsp3) is 0.412. The van der Waals surface area contributed by atoms with E-state index in [2.05, 4.69) is 63.4 Å². The van der Waals surface area contributed by atoms with E-state index in [-0.39, 0.29) is 24.0 Å². The summed E-state index contributed by atoms with van der Waals surface area (Å²) in [4.78, 5) is 6.86. The molecule has 132 valence electrons. The van der Waals surface area contributed by atoms with Gasteiger partial charge in [-0.25, -0.2) is 0 Å². The van der Waals surface area contributed by atoms with Gasteiger partial charge >= 0.3 is 0 Å². The summed E-state index contributed by atoms with van der Waals surface area (Å²) in [7, 11) is 2.06. The van der Waals surface area contributed by atoms with Gasteiger partial charge in [0.05, 0.1) is 0 Å². The molecule has 0 spiro atoms. The van der Waals surface area contributed by atoms with E-state index >= 15 is 0 Å². The normalized spacial score (nSPS) is 11.0. The monoisotopic (exact) mass is 505 g/mol. The second-order valence-electron chi connectivity index (χ2n) is 5.31. The lowest BCUT2D eigenvalue weighted by Crippen LogP contribution is -2.38. The van der Waals surface area contributed by atoms with Gasteiger partial charge in [-0.15, -0.1) is 24.0 Å². The second kappa shape index (κ2) is 11.5. The number of aromatic nitrogens is 2. The van der Waals surface area contributed by atoms with Crippen LogP contribution in [0.1, 0.15) is 18.9 Å². The molecule has 0 bridgehead atoms. The SMILES string of the molecule is CCNC(=NCCCn1cccn1)N(C)Cc1ccccc1Br.I. The molecule has 7 heteroatoms. The summed E-state index contributed by atoms with van der Waals surface area (Å²) in [6.07, 6.45) is 4.76. The first kappa shape index (κ1) is 21.0. The molecule has 0 aliphatic heterocycles. The smallest absolute Gasteiger partial charge is 0.193 e. The van der Waals surface area contributed by atoms with Gasteiger partial charge in [-0.05, 0) is 31.0 Å². The highest BCUT2D eigenvalue weighted by molar-refractivity contribution is 14.0. The van der Waals surface area contributed by atoms with Crippen LogP contribution in [0, 0.1) is 0 Å². The van der Waals surface area contributed by atoms with Gasteiger partial charge in [0.25, 0.3) is 0 Å². The lowest BCUT2D eigenvalue weighted by atomic mass is 10.2. The molecule has 1 aromatic heterocycles. The zero-order chi connectivity index (χ0) is 16.5. The number of aryl methyl sites for hydroxylation is 1. The Morgan fingerprint density at radius 2 is 2.12 bits per heavy atom. The van der Waals surface area contributed by atoms with Crippen molar-refractivity contribution in [2.24, 2.45) is 4.99 Å². The van der Waals surface area contributed by atoms with E-state index in [1.165, 1.54) is 5.56 Å². The maximum atomic E-state index is 4.71. The van der Waals surface area contributed by atoms with Crippen molar-refractivity contribution in [1.82, 2.24) is 20.0 Å². The van der Waals surface area contributed by atoms with E-state index in [0.29, 0.717) is 0 Å². The summed E-state index contributed by atoms with van der Waals surface area (Å²) in [6, 6.07) is 10.2. The van der Waals surface area contributed by atoms with E-state index in [9.17, 15) is 0 Å². The molecular weight excluding hydrogens is 481 g/mol. The summed E-state index contributed by atoms with van der Waals surface area (Å²) >= 11 is 3.60. The number of nitrogens with one attached hydrogen (secondary N) is 1. The zero-order valence-corrected chi connectivity index (χ0v) is 18.1. The van der Waals surface area contributed by atoms with Crippen molar-refractivity contribution in [2.75, 3.05) is 20.1 Å². The summed E-state index contributed by atoms with van der Waals surface area (Å²) in [5.74, 6) is 0.934. The first-order chi connectivity index (χ1) is 11.2. The highest BCUT2D eigenvalue weighted by Gasteiger charge is 2.08. The molecule has 0 unspecified atom stereocenters. The van der Waals surface area contributed by atoms with Crippen molar-refractivity contribution in [1.29, 1.82) is 0 Å². The third kappa shape index (κ3) is 6.80. The minimum atomic E-state index is 0. The quantitative estimate of drug-likeness (QED) is 0.270. The van der Waals surface area contributed by atoms with Crippen LogP contribution in [-0.4, -0.2) is 40.8 Å². The molecule has 2 rings (SSSR count). The lowest BCUT2D eigenvalue weighted by Gasteiger charge is -2.22. The Morgan fingerprint density at radius 1 is 1.33 bits per heavy atom. The molecule has 2 aromatic rings. The number of nitrogens with zero attached hydrogens (tertiary/aromatic N) is 4. The first-order valence-electron chi connectivity index (χ1n) is 7.91. The maximum Gasteiger partial charge on any atom is 0.193 e. The van der Waals surface area contributed by atoms with Gasteiger partial charge in [0.15, 0.2) is 5.96 Å². The van der Waals surface area contributed by atoms with Gasteiger partial charge in [0.1, 0.15) is 0 Å². The van der Waals surface area contributed by atoms with Crippen LogP contribution in [0.15, 0.2) is 52.2 Å². The molecule has 0 aliphatic rings. The van der Waals surface area contributed by atoms with Gasteiger partial charge < -0.3 is 10.2 Å². The van der Waals surface area contributed by atoms with Gasteiger partial charge in [-0.3, -0.25) is 9.67 Å². The van der Waals surface area contributed by atoms with E-state index in [0.717, 1.165) is 43.0 Å². The van der Waals surface area contributed by atoms with Gasteiger partial charge in [-0.2, -0.15) is 5.10 Å². The fourth-order valence-corrected chi connectivity index (χ4v) is 2.69. The number of benzene rings is 1. The minimum absolute atomic E-state index is 0. The van der Waals surface area contributed by atoms with Crippen LogP contribution in [0.3, 0.4) is 0 Å². The average Bonchev–Trinajstić information content (AvgIpc) is 3.06. The molecule has 1 N–H and O–H groups in total. The third-order valence-corrected chi connectivity index (χ3v) is 4.20. The lowest BCUT2D eigenvalue weighted by molar-refractivity contribution is 0.474. The van der Waals surface area contributed by atoms with E-state index in [1.807, 2.05) is 23.0 Å². The number of hydrogen-bond donors (Lipinski definition) is 1. The molecule has 5 nitrogen and oxygen atoms in total. The molecule has 1 heterocycles. The Bertz CT molecular complexity index is 615. The first-order valence-corrected chi connectivity index (χ1v) is 8.70. The fourth-order valence-electron chi connectivity index (χ4n) is 2.28. The van der Waals surface area contributed by atoms with Crippen molar-refractivity contribution in [3.05, 3.63) is 52.8 Å². The third-order valence-electron chi connectivity index (χ3n) is 3.43. The van der Waals surface area contributed by atoms with Gasteiger partial charge in [0, 0.05) is 50.1 Å².